The molecule has 2 aliphatic rings. The minimum absolute atomic E-state index is 0.571. The highest BCUT2D eigenvalue weighted by Gasteiger charge is 2.34. The SMILES string of the molecule is CC(c1ccccc1)N1CC2CC=CC[C@H]2C1. The summed E-state index contributed by atoms with van der Waals surface area (Å²) in [5, 5.41) is 0. The molecule has 1 nitrogen and oxygen atoms in total. The molecular weight excluding hydrogens is 206 g/mol. The summed E-state index contributed by atoms with van der Waals surface area (Å²) in [6.45, 7) is 4.91. The molecule has 1 aromatic carbocycles. The van der Waals surface area contributed by atoms with Gasteiger partial charge in [0.15, 0.2) is 0 Å². The Labute approximate surface area is 104 Å². The molecule has 3 atom stereocenters. The number of hydrogen-bond acceptors (Lipinski definition) is 1. The quantitative estimate of drug-likeness (QED) is 0.697. The molecule has 3 rings (SSSR count). The van der Waals surface area contributed by atoms with Crippen LogP contribution >= 0.6 is 0 Å². The van der Waals surface area contributed by atoms with Crippen LogP contribution in [0.3, 0.4) is 0 Å². The van der Waals surface area contributed by atoms with Crippen molar-refractivity contribution in [1.82, 2.24) is 4.90 Å². The van der Waals surface area contributed by atoms with Crippen molar-refractivity contribution < 1.29 is 0 Å². The molecule has 1 aliphatic carbocycles. The van der Waals surface area contributed by atoms with E-state index in [9.17, 15) is 0 Å². The molecule has 0 radical (unpaired) electrons. The molecule has 1 heteroatoms. The van der Waals surface area contributed by atoms with E-state index >= 15 is 0 Å². The van der Waals surface area contributed by atoms with E-state index in [2.05, 4.69) is 54.3 Å². The van der Waals surface area contributed by atoms with E-state index in [4.69, 9.17) is 0 Å². The third kappa shape index (κ3) is 2.16. The lowest BCUT2D eigenvalue weighted by Gasteiger charge is -2.24. The molecule has 1 heterocycles. The van der Waals surface area contributed by atoms with Crippen molar-refractivity contribution in [3.63, 3.8) is 0 Å². The number of rotatable bonds is 2. The Hall–Kier alpha value is -1.08. The molecule has 0 spiro atoms. The Balaban J connectivity index is 1.71. The third-order valence-electron chi connectivity index (χ3n) is 4.48. The number of fused-ring (bicyclic) bond motifs is 1. The molecule has 1 fully saturated rings. The Morgan fingerprint density at radius 2 is 1.59 bits per heavy atom. The van der Waals surface area contributed by atoms with Gasteiger partial charge in [-0.05, 0) is 37.2 Å². The molecule has 0 aromatic heterocycles. The molecule has 0 amide bonds. The first kappa shape index (κ1) is 11.0. The Kier molecular flexibility index (Phi) is 3.02. The maximum Gasteiger partial charge on any atom is 0.0320 e. The van der Waals surface area contributed by atoms with E-state index < -0.39 is 0 Å². The van der Waals surface area contributed by atoms with Crippen molar-refractivity contribution in [1.29, 1.82) is 0 Å². The minimum Gasteiger partial charge on any atom is -0.296 e. The van der Waals surface area contributed by atoms with Gasteiger partial charge in [0.1, 0.15) is 0 Å². The first-order valence-electron chi connectivity index (χ1n) is 6.78. The van der Waals surface area contributed by atoms with Crippen LogP contribution in [0, 0.1) is 11.8 Å². The van der Waals surface area contributed by atoms with E-state index in [1.165, 1.54) is 31.5 Å². The lowest BCUT2D eigenvalue weighted by molar-refractivity contribution is 0.249. The molecule has 0 bridgehead atoms. The maximum atomic E-state index is 2.66. The third-order valence-corrected chi connectivity index (χ3v) is 4.48. The normalized spacial score (nSPS) is 30.2. The van der Waals surface area contributed by atoms with Gasteiger partial charge in [0, 0.05) is 19.1 Å². The van der Waals surface area contributed by atoms with E-state index in [1.807, 2.05) is 0 Å². The van der Waals surface area contributed by atoms with Crippen LogP contribution in [-0.2, 0) is 0 Å². The lowest BCUT2D eigenvalue weighted by atomic mass is 9.86. The fourth-order valence-corrected chi connectivity index (χ4v) is 3.31. The highest BCUT2D eigenvalue weighted by molar-refractivity contribution is 5.19. The second kappa shape index (κ2) is 4.66. The Morgan fingerprint density at radius 3 is 2.18 bits per heavy atom. The molecule has 0 saturated carbocycles. The van der Waals surface area contributed by atoms with Gasteiger partial charge in [-0.1, -0.05) is 42.5 Å². The second-order valence-electron chi connectivity index (χ2n) is 5.50. The molecule has 2 unspecified atom stereocenters. The highest BCUT2D eigenvalue weighted by Crippen LogP contribution is 2.36. The Morgan fingerprint density at radius 1 is 1.00 bits per heavy atom. The first-order chi connectivity index (χ1) is 8.34. The van der Waals surface area contributed by atoms with Gasteiger partial charge in [-0.2, -0.15) is 0 Å². The molecule has 0 N–H and O–H groups in total. The second-order valence-corrected chi connectivity index (χ2v) is 5.50. The van der Waals surface area contributed by atoms with E-state index in [-0.39, 0.29) is 0 Å². The van der Waals surface area contributed by atoms with Crippen molar-refractivity contribution in [2.24, 2.45) is 11.8 Å². The van der Waals surface area contributed by atoms with Gasteiger partial charge < -0.3 is 0 Å². The van der Waals surface area contributed by atoms with Crippen LogP contribution in [0.1, 0.15) is 31.4 Å². The van der Waals surface area contributed by atoms with Gasteiger partial charge in [-0.15, -0.1) is 0 Å². The summed E-state index contributed by atoms with van der Waals surface area (Å²) in [5.41, 5.74) is 1.46. The van der Waals surface area contributed by atoms with Gasteiger partial charge in [0.2, 0.25) is 0 Å². The van der Waals surface area contributed by atoms with Gasteiger partial charge in [0.25, 0.3) is 0 Å². The fourth-order valence-electron chi connectivity index (χ4n) is 3.31. The average molecular weight is 227 g/mol. The van der Waals surface area contributed by atoms with E-state index in [1.54, 1.807) is 0 Å². The molecular formula is C16H21N. The summed E-state index contributed by atoms with van der Waals surface area (Å²) < 4.78 is 0. The van der Waals surface area contributed by atoms with Crippen molar-refractivity contribution in [2.75, 3.05) is 13.1 Å². The van der Waals surface area contributed by atoms with Gasteiger partial charge in [-0.3, -0.25) is 4.90 Å². The summed E-state index contributed by atoms with van der Waals surface area (Å²) in [6, 6.07) is 11.5. The van der Waals surface area contributed by atoms with Crippen LogP contribution < -0.4 is 0 Å². The van der Waals surface area contributed by atoms with Crippen molar-refractivity contribution in [3.8, 4) is 0 Å². The van der Waals surface area contributed by atoms with Crippen LogP contribution in [0.15, 0.2) is 42.5 Å². The molecule has 1 aliphatic heterocycles. The predicted molar refractivity (Wildman–Crippen MR) is 71.8 cm³/mol. The summed E-state index contributed by atoms with van der Waals surface area (Å²) in [7, 11) is 0. The first-order valence-corrected chi connectivity index (χ1v) is 6.78. The zero-order valence-electron chi connectivity index (χ0n) is 10.5. The highest BCUT2D eigenvalue weighted by atomic mass is 15.2. The smallest absolute Gasteiger partial charge is 0.0320 e. The largest absolute Gasteiger partial charge is 0.296 e. The number of benzene rings is 1. The van der Waals surface area contributed by atoms with Gasteiger partial charge in [0.05, 0.1) is 0 Å². The minimum atomic E-state index is 0.571. The molecule has 1 saturated heterocycles. The van der Waals surface area contributed by atoms with Crippen LogP contribution in [0.4, 0.5) is 0 Å². The predicted octanol–water partition coefficient (Wildman–Crippen LogP) is 3.65. The summed E-state index contributed by atoms with van der Waals surface area (Å²) in [5.74, 6) is 1.82. The monoisotopic (exact) mass is 227 g/mol. The molecule has 90 valence electrons. The van der Waals surface area contributed by atoms with E-state index in [0.29, 0.717) is 6.04 Å². The van der Waals surface area contributed by atoms with Gasteiger partial charge in [-0.25, -0.2) is 0 Å². The topological polar surface area (TPSA) is 3.24 Å². The molecule has 1 aromatic rings. The van der Waals surface area contributed by atoms with Crippen LogP contribution in [0.25, 0.3) is 0 Å². The zero-order valence-corrected chi connectivity index (χ0v) is 10.5. The van der Waals surface area contributed by atoms with Crippen molar-refractivity contribution >= 4 is 0 Å². The number of likely N-dealkylation sites (tertiary alicyclic amines) is 1. The average Bonchev–Trinajstić information content (AvgIpc) is 2.82. The lowest BCUT2D eigenvalue weighted by Crippen LogP contribution is -2.24. The zero-order chi connectivity index (χ0) is 11.7. The number of nitrogens with zero attached hydrogens (tertiary/aromatic N) is 1. The Bertz CT molecular complexity index is 379. The fraction of sp³-hybridized carbons (Fsp3) is 0.500. The summed E-state index contributed by atoms with van der Waals surface area (Å²) in [6.07, 6.45) is 7.33. The van der Waals surface area contributed by atoms with E-state index in [0.717, 1.165) is 11.8 Å². The maximum absolute atomic E-state index is 2.66. The van der Waals surface area contributed by atoms with Gasteiger partial charge >= 0.3 is 0 Å². The standard InChI is InChI=1S/C16H21N/c1-13(14-7-3-2-4-8-14)17-11-15-9-5-6-10-16(15)12-17/h2-8,13,15-16H,9-12H2,1H3/t13?,15-,16?/m0/s1. The van der Waals surface area contributed by atoms with Crippen molar-refractivity contribution in [2.45, 2.75) is 25.8 Å². The number of allylic oxidation sites excluding steroid dienone is 2. The van der Waals surface area contributed by atoms with Crippen LogP contribution in [-0.4, -0.2) is 18.0 Å². The summed E-state index contributed by atoms with van der Waals surface area (Å²) >= 11 is 0. The number of hydrogen-bond donors (Lipinski definition) is 0. The summed E-state index contributed by atoms with van der Waals surface area (Å²) in [4.78, 5) is 2.66. The van der Waals surface area contributed by atoms with Crippen LogP contribution in [0.5, 0.6) is 0 Å². The van der Waals surface area contributed by atoms with Crippen LogP contribution in [0.2, 0.25) is 0 Å². The van der Waals surface area contributed by atoms with Crippen molar-refractivity contribution in [3.05, 3.63) is 48.0 Å². The molecule has 17 heavy (non-hydrogen) atoms.